The average Bonchev–Trinajstić information content (AvgIpc) is 3.14. The van der Waals surface area contributed by atoms with Crippen LogP contribution in [-0.2, 0) is 5.75 Å². The van der Waals surface area contributed by atoms with Gasteiger partial charge in [0.05, 0.1) is 15.7 Å². The highest BCUT2D eigenvalue weighted by molar-refractivity contribution is 7.98. The normalized spacial score (nSPS) is 10.9. The minimum Gasteiger partial charge on any atom is -0.270 e. The first kappa shape index (κ1) is 18.0. The molecular weight excluding hydrogens is 401 g/mol. The van der Waals surface area contributed by atoms with Gasteiger partial charge in [0.2, 0.25) is 0 Å². The van der Waals surface area contributed by atoms with E-state index in [1.54, 1.807) is 36.4 Å². The van der Waals surface area contributed by atoms with Gasteiger partial charge >= 0.3 is 0 Å². The first-order chi connectivity index (χ1) is 13.2. The van der Waals surface area contributed by atoms with E-state index < -0.39 is 0 Å². The molecule has 3 aromatic heterocycles. The smallest absolute Gasteiger partial charge is 0.196 e. The number of thioether (sulfide) groups is 1. The molecule has 8 heteroatoms. The van der Waals surface area contributed by atoms with Crippen molar-refractivity contribution in [2.24, 2.45) is 0 Å². The molecular formula is C19H13Cl2N5S. The van der Waals surface area contributed by atoms with Crippen LogP contribution in [0.15, 0.2) is 72.4 Å². The number of pyridine rings is 2. The van der Waals surface area contributed by atoms with Gasteiger partial charge in [0.15, 0.2) is 11.0 Å². The van der Waals surface area contributed by atoms with Gasteiger partial charge in [-0.2, -0.15) is 0 Å². The number of benzene rings is 1. The van der Waals surface area contributed by atoms with Crippen molar-refractivity contribution in [3.05, 3.63) is 82.9 Å². The van der Waals surface area contributed by atoms with Crippen LogP contribution in [0.25, 0.3) is 17.1 Å². The van der Waals surface area contributed by atoms with E-state index in [4.69, 9.17) is 23.2 Å². The highest BCUT2D eigenvalue weighted by Gasteiger charge is 2.17. The van der Waals surface area contributed by atoms with Crippen LogP contribution in [0.4, 0.5) is 0 Å². The second-order valence-corrected chi connectivity index (χ2v) is 7.38. The molecule has 0 atom stereocenters. The van der Waals surface area contributed by atoms with Crippen LogP contribution in [0, 0.1) is 0 Å². The Kier molecular flexibility index (Phi) is 5.38. The van der Waals surface area contributed by atoms with Gasteiger partial charge in [0, 0.05) is 36.1 Å². The van der Waals surface area contributed by atoms with Crippen molar-refractivity contribution < 1.29 is 0 Å². The largest absolute Gasteiger partial charge is 0.270 e. The standard InChI is InChI=1S/C19H13Cl2N5S/c20-16-4-3-15(10-17(16)21)26-18(14-5-8-22-9-6-14)24-25-19(26)27-12-13-2-1-7-23-11-13/h1-11H,12H2. The summed E-state index contributed by atoms with van der Waals surface area (Å²) < 4.78 is 1.97. The summed E-state index contributed by atoms with van der Waals surface area (Å²) >= 11 is 13.9. The number of hydrogen-bond acceptors (Lipinski definition) is 5. The highest BCUT2D eigenvalue weighted by Crippen LogP contribution is 2.32. The number of rotatable bonds is 5. The predicted molar refractivity (Wildman–Crippen MR) is 108 cm³/mol. The molecule has 0 aliphatic carbocycles. The molecule has 0 amide bonds. The van der Waals surface area contributed by atoms with E-state index >= 15 is 0 Å². The molecule has 3 heterocycles. The Bertz CT molecular complexity index is 1050. The van der Waals surface area contributed by atoms with Crippen molar-refractivity contribution in [2.45, 2.75) is 10.9 Å². The molecule has 5 nitrogen and oxygen atoms in total. The number of hydrogen-bond donors (Lipinski definition) is 0. The molecule has 4 rings (SSSR count). The van der Waals surface area contributed by atoms with Gasteiger partial charge in [-0.1, -0.05) is 41.0 Å². The van der Waals surface area contributed by atoms with E-state index in [0.717, 1.165) is 27.7 Å². The minimum absolute atomic E-state index is 0.478. The lowest BCUT2D eigenvalue weighted by Crippen LogP contribution is -2.00. The summed E-state index contributed by atoms with van der Waals surface area (Å²) in [6, 6.07) is 13.2. The van der Waals surface area contributed by atoms with Crippen LogP contribution < -0.4 is 0 Å². The number of nitrogens with zero attached hydrogens (tertiary/aromatic N) is 5. The van der Waals surface area contributed by atoms with Gasteiger partial charge < -0.3 is 0 Å². The van der Waals surface area contributed by atoms with E-state index in [2.05, 4.69) is 20.2 Å². The first-order valence-electron chi connectivity index (χ1n) is 8.05. The summed E-state index contributed by atoms with van der Waals surface area (Å²) in [7, 11) is 0. The monoisotopic (exact) mass is 413 g/mol. The van der Waals surface area contributed by atoms with Crippen LogP contribution in [0.3, 0.4) is 0 Å². The zero-order valence-corrected chi connectivity index (χ0v) is 16.3. The molecule has 0 bridgehead atoms. The molecule has 0 aliphatic heterocycles. The molecule has 0 saturated heterocycles. The summed E-state index contributed by atoms with van der Waals surface area (Å²) in [4.78, 5) is 8.23. The molecule has 0 unspecified atom stereocenters. The van der Waals surface area contributed by atoms with Crippen molar-refractivity contribution in [3.63, 3.8) is 0 Å². The summed E-state index contributed by atoms with van der Waals surface area (Å²) in [5, 5.41) is 10.5. The van der Waals surface area contributed by atoms with E-state index in [9.17, 15) is 0 Å². The summed E-state index contributed by atoms with van der Waals surface area (Å²) in [5.41, 5.74) is 2.86. The second kappa shape index (κ2) is 8.08. The number of aromatic nitrogens is 5. The third-order valence-electron chi connectivity index (χ3n) is 3.82. The van der Waals surface area contributed by atoms with Crippen molar-refractivity contribution in [2.75, 3.05) is 0 Å². The van der Waals surface area contributed by atoms with Crippen LogP contribution in [-0.4, -0.2) is 24.7 Å². The molecule has 4 aromatic rings. The zero-order chi connectivity index (χ0) is 18.6. The highest BCUT2D eigenvalue weighted by atomic mass is 35.5. The van der Waals surface area contributed by atoms with E-state index in [-0.39, 0.29) is 0 Å². The number of halogens is 2. The van der Waals surface area contributed by atoms with Crippen LogP contribution in [0.2, 0.25) is 10.0 Å². The van der Waals surface area contributed by atoms with Crippen LogP contribution in [0.5, 0.6) is 0 Å². The topological polar surface area (TPSA) is 56.5 Å². The Hall–Kier alpha value is -2.41. The van der Waals surface area contributed by atoms with Gasteiger partial charge in [0.1, 0.15) is 0 Å². The lowest BCUT2D eigenvalue weighted by atomic mass is 10.2. The maximum atomic E-state index is 6.24. The fourth-order valence-corrected chi connectivity index (χ4v) is 3.72. The predicted octanol–water partition coefficient (Wildman–Crippen LogP) is 5.32. The second-order valence-electron chi connectivity index (χ2n) is 5.63. The SMILES string of the molecule is Clc1ccc(-n2c(SCc3cccnc3)nnc2-c2ccncc2)cc1Cl. The Labute approximate surface area is 170 Å². The lowest BCUT2D eigenvalue weighted by molar-refractivity contribution is 0.886. The maximum absolute atomic E-state index is 6.24. The fraction of sp³-hybridized carbons (Fsp3) is 0.0526. The van der Waals surface area contributed by atoms with Gasteiger partial charge in [-0.25, -0.2) is 0 Å². The quantitative estimate of drug-likeness (QED) is 0.414. The zero-order valence-electron chi connectivity index (χ0n) is 14.0. The van der Waals surface area contributed by atoms with Crippen molar-refractivity contribution in [3.8, 4) is 17.1 Å². The third kappa shape index (κ3) is 3.98. The van der Waals surface area contributed by atoms with Crippen LogP contribution >= 0.6 is 35.0 Å². The molecule has 0 fully saturated rings. The van der Waals surface area contributed by atoms with Crippen molar-refractivity contribution >= 4 is 35.0 Å². The van der Waals surface area contributed by atoms with Gasteiger partial charge in [-0.05, 0) is 42.0 Å². The molecule has 0 radical (unpaired) electrons. The van der Waals surface area contributed by atoms with Gasteiger partial charge in [0.25, 0.3) is 0 Å². The Balaban J connectivity index is 1.77. The minimum atomic E-state index is 0.478. The molecule has 0 saturated carbocycles. The molecule has 0 N–H and O–H groups in total. The molecule has 0 spiro atoms. The van der Waals surface area contributed by atoms with E-state index in [1.807, 2.05) is 47.2 Å². The summed E-state index contributed by atoms with van der Waals surface area (Å²) in [6.07, 6.45) is 7.06. The summed E-state index contributed by atoms with van der Waals surface area (Å²) in [5.74, 6) is 1.44. The Morgan fingerprint density at radius 1 is 0.889 bits per heavy atom. The van der Waals surface area contributed by atoms with Crippen LogP contribution in [0.1, 0.15) is 5.56 Å². The molecule has 27 heavy (non-hydrogen) atoms. The third-order valence-corrected chi connectivity index (χ3v) is 5.56. The van der Waals surface area contributed by atoms with Gasteiger partial charge in [-0.15, -0.1) is 10.2 Å². The van der Waals surface area contributed by atoms with Crippen molar-refractivity contribution in [1.29, 1.82) is 0 Å². The van der Waals surface area contributed by atoms with E-state index in [1.165, 1.54) is 0 Å². The Morgan fingerprint density at radius 3 is 2.48 bits per heavy atom. The Morgan fingerprint density at radius 2 is 1.74 bits per heavy atom. The van der Waals surface area contributed by atoms with Gasteiger partial charge in [-0.3, -0.25) is 14.5 Å². The molecule has 134 valence electrons. The fourth-order valence-electron chi connectivity index (χ4n) is 2.54. The summed E-state index contributed by atoms with van der Waals surface area (Å²) in [6.45, 7) is 0. The van der Waals surface area contributed by atoms with Crippen molar-refractivity contribution in [1.82, 2.24) is 24.7 Å². The first-order valence-corrected chi connectivity index (χ1v) is 9.79. The molecule has 0 aliphatic rings. The lowest BCUT2D eigenvalue weighted by Gasteiger charge is -2.11. The average molecular weight is 414 g/mol. The maximum Gasteiger partial charge on any atom is 0.196 e. The van der Waals surface area contributed by atoms with E-state index in [0.29, 0.717) is 15.9 Å². The molecule has 1 aromatic carbocycles.